The normalized spacial score (nSPS) is 19.0. The summed E-state index contributed by atoms with van der Waals surface area (Å²) in [4.78, 5) is 11.4. The van der Waals surface area contributed by atoms with Crippen molar-refractivity contribution in [1.29, 1.82) is 0 Å². The molecular formula is C13H16FNO. The molecule has 1 unspecified atom stereocenters. The number of fused-ring (bicyclic) bond motifs is 1. The summed E-state index contributed by atoms with van der Waals surface area (Å²) in [7, 11) is 1.64. The van der Waals surface area contributed by atoms with Gasteiger partial charge in [-0.15, -0.1) is 0 Å². The van der Waals surface area contributed by atoms with E-state index in [2.05, 4.69) is 5.32 Å². The van der Waals surface area contributed by atoms with Gasteiger partial charge in [0.25, 0.3) is 0 Å². The minimum atomic E-state index is -0.206. The van der Waals surface area contributed by atoms with Gasteiger partial charge < -0.3 is 5.32 Å². The summed E-state index contributed by atoms with van der Waals surface area (Å²) in [5, 5.41) is 2.63. The number of nitrogens with one attached hydrogen (secondary N) is 1. The molecule has 1 aromatic carbocycles. The first-order valence-electron chi connectivity index (χ1n) is 5.69. The standard InChI is InChI=1S/C13H16FNO/c1-15-13(16)7-10-4-2-3-9-5-6-11(14)8-12(9)10/h5-6,8,10H,2-4,7H2,1H3,(H,15,16). The summed E-state index contributed by atoms with van der Waals surface area (Å²) in [6, 6.07) is 4.93. The van der Waals surface area contributed by atoms with E-state index in [9.17, 15) is 9.18 Å². The third-order valence-electron chi connectivity index (χ3n) is 3.26. The molecule has 1 aliphatic rings. The minimum Gasteiger partial charge on any atom is -0.359 e. The van der Waals surface area contributed by atoms with E-state index >= 15 is 0 Å². The Balaban J connectivity index is 2.24. The zero-order valence-electron chi connectivity index (χ0n) is 9.42. The lowest BCUT2D eigenvalue weighted by Crippen LogP contribution is -2.22. The van der Waals surface area contributed by atoms with Gasteiger partial charge in [-0.3, -0.25) is 4.79 Å². The number of benzene rings is 1. The van der Waals surface area contributed by atoms with Gasteiger partial charge in [0.05, 0.1) is 0 Å². The van der Waals surface area contributed by atoms with Crippen molar-refractivity contribution in [3.63, 3.8) is 0 Å². The summed E-state index contributed by atoms with van der Waals surface area (Å²) in [5.41, 5.74) is 2.22. The molecule has 0 heterocycles. The summed E-state index contributed by atoms with van der Waals surface area (Å²) >= 11 is 0. The smallest absolute Gasteiger partial charge is 0.220 e. The lowest BCUT2D eigenvalue weighted by molar-refractivity contribution is -0.121. The fourth-order valence-electron chi connectivity index (χ4n) is 2.41. The van der Waals surface area contributed by atoms with E-state index in [1.807, 2.05) is 6.07 Å². The van der Waals surface area contributed by atoms with Crippen molar-refractivity contribution in [3.05, 3.63) is 35.1 Å². The van der Waals surface area contributed by atoms with Gasteiger partial charge in [-0.1, -0.05) is 6.07 Å². The second-order valence-electron chi connectivity index (χ2n) is 4.31. The summed E-state index contributed by atoms with van der Waals surface area (Å²) in [6.07, 6.45) is 3.52. The van der Waals surface area contributed by atoms with E-state index in [4.69, 9.17) is 0 Å². The Morgan fingerprint density at radius 2 is 2.38 bits per heavy atom. The van der Waals surface area contributed by atoms with E-state index < -0.39 is 0 Å². The maximum absolute atomic E-state index is 13.2. The third kappa shape index (κ3) is 2.23. The van der Waals surface area contributed by atoms with Crippen LogP contribution in [0.3, 0.4) is 0 Å². The molecular weight excluding hydrogens is 205 g/mol. The molecule has 0 saturated heterocycles. The van der Waals surface area contributed by atoms with Crippen LogP contribution in [-0.4, -0.2) is 13.0 Å². The van der Waals surface area contributed by atoms with E-state index in [0.717, 1.165) is 24.8 Å². The van der Waals surface area contributed by atoms with Gasteiger partial charge in [0.1, 0.15) is 5.82 Å². The molecule has 1 aliphatic carbocycles. The van der Waals surface area contributed by atoms with E-state index in [1.165, 1.54) is 11.6 Å². The van der Waals surface area contributed by atoms with Crippen LogP contribution in [0.2, 0.25) is 0 Å². The van der Waals surface area contributed by atoms with Crippen LogP contribution in [0.5, 0.6) is 0 Å². The Morgan fingerprint density at radius 1 is 1.56 bits per heavy atom. The van der Waals surface area contributed by atoms with Crippen LogP contribution in [0.1, 0.15) is 36.3 Å². The van der Waals surface area contributed by atoms with Crippen molar-refractivity contribution in [2.45, 2.75) is 31.6 Å². The predicted molar refractivity (Wildman–Crippen MR) is 60.8 cm³/mol. The summed E-state index contributed by atoms with van der Waals surface area (Å²) in [6.45, 7) is 0. The van der Waals surface area contributed by atoms with Crippen LogP contribution in [0.4, 0.5) is 4.39 Å². The largest absolute Gasteiger partial charge is 0.359 e. The van der Waals surface area contributed by atoms with Crippen molar-refractivity contribution in [1.82, 2.24) is 5.32 Å². The van der Waals surface area contributed by atoms with Crippen molar-refractivity contribution in [3.8, 4) is 0 Å². The monoisotopic (exact) mass is 221 g/mol. The van der Waals surface area contributed by atoms with Crippen LogP contribution in [0.25, 0.3) is 0 Å². The molecule has 1 amide bonds. The molecule has 1 atom stereocenters. The number of hydrogen-bond donors (Lipinski definition) is 1. The van der Waals surface area contributed by atoms with Gasteiger partial charge in [-0.25, -0.2) is 4.39 Å². The molecule has 2 nitrogen and oxygen atoms in total. The fourth-order valence-corrected chi connectivity index (χ4v) is 2.41. The average molecular weight is 221 g/mol. The maximum Gasteiger partial charge on any atom is 0.220 e. The highest BCUT2D eigenvalue weighted by Gasteiger charge is 2.22. The molecule has 0 radical (unpaired) electrons. The number of aryl methyl sites for hydroxylation is 1. The Kier molecular flexibility index (Phi) is 3.22. The number of carbonyl (C=O) groups excluding carboxylic acids is 1. The predicted octanol–water partition coefficient (Wildman–Crippen LogP) is 2.38. The molecule has 2 rings (SSSR count). The Bertz CT molecular complexity index is 403. The van der Waals surface area contributed by atoms with Crippen LogP contribution in [-0.2, 0) is 11.2 Å². The van der Waals surface area contributed by atoms with Crippen LogP contribution in [0.15, 0.2) is 18.2 Å². The van der Waals surface area contributed by atoms with Gasteiger partial charge in [0.2, 0.25) is 5.91 Å². The number of rotatable bonds is 2. The molecule has 0 bridgehead atoms. The molecule has 1 N–H and O–H groups in total. The van der Waals surface area contributed by atoms with Crippen molar-refractivity contribution in [2.75, 3.05) is 7.05 Å². The summed E-state index contributed by atoms with van der Waals surface area (Å²) in [5.74, 6) is 0.00377. The molecule has 1 aromatic rings. The molecule has 86 valence electrons. The Labute approximate surface area is 94.9 Å². The van der Waals surface area contributed by atoms with Crippen molar-refractivity contribution >= 4 is 5.91 Å². The highest BCUT2D eigenvalue weighted by Crippen LogP contribution is 2.34. The lowest BCUT2D eigenvalue weighted by Gasteiger charge is -2.24. The SMILES string of the molecule is CNC(=O)CC1CCCc2ccc(F)cc21. The van der Waals surface area contributed by atoms with Crippen LogP contribution < -0.4 is 5.32 Å². The third-order valence-corrected chi connectivity index (χ3v) is 3.26. The zero-order chi connectivity index (χ0) is 11.5. The molecule has 0 aromatic heterocycles. The molecule has 0 saturated carbocycles. The number of amides is 1. The highest BCUT2D eigenvalue weighted by atomic mass is 19.1. The first-order chi connectivity index (χ1) is 7.70. The quantitative estimate of drug-likeness (QED) is 0.816. The first kappa shape index (κ1) is 11.1. The highest BCUT2D eigenvalue weighted by molar-refractivity contribution is 5.76. The lowest BCUT2D eigenvalue weighted by atomic mass is 9.81. The summed E-state index contributed by atoms with van der Waals surface area (Å²) < 4.78 is 13.2. The Morgan fingerprint density at radius 3 is 3.12 bits per heavy atom. The van der Waals surface area contributed by atoms with Crippen molar-refractivity contribution < 1.29 is 9.18 Å². The van der Waals surface area contributed by atoms with E-state index in [-0.39, 0.29) is 17.6 Å². The van der Waals surface area contributed by atoms with Gasteiger partial charge in [-0.05, 0) is 48.4 Å². The number of carbonyl (C=O) groups is 1. The molecule has 16 heavy (non-hydrogen) atoms. The molecule has 3 heteroatoms. The molecule has 0 spiro atoms. The van der Waals surface area contributed by atoms with Gasteiger partial charge in [0, 0.05) is 13.5 Å². The zero-order valence-corrected chi connectivity index (χ0v) is 9.42. The number of halogens is 1. The van der Waals surface area contributed by atoms with Crippen molar-refractivity contribution in [2.24, 2.45) is 0 Å². The molecule has 0 aliphatic heterocycles. The average Bonchev–Trinajstić information content (AvgIpc) is 2.29. The number of hydrogen-bond acceptors (Lipinski definition) is 1. The second-order valence-corrected chi connectivity index (χ2v) is 4.31. The van der Waals surface area contributed by atoms with Gasteiger partial charge in [0.15, 0.2) is 0 Å². The van der Waals surface area contributed by atoms with Crippen LogP contribution in [0, 0.1) is 5.82 Å². The Hall–Kier alpha value is -1.38. The first-order valence-corrected chi connectivity index (χ1v) is 5.69. The fraction of sp³-hybridized carbons (Fsp3) is 0.462. The van der Waals surface area contributed by atoms with E-state index in [1.54, 1.807) is 13.1 Å². The van der Waals surface area contributed by atoms with E-state index in [0.29, 0.717) is 6.42 Å². The molecule has 0 fully saturated rings. The van der Waals surface area contributed by atoms with Gasteiger partial charge in [-0.2, -0.15) is 0 Å². The van der Waals surface area contributed by atoms with Gasteiger partial charge >= 0.3 is 0 Å². The van der Waals surface area contributed by atoms with Crippen LogP contribution >= 0.6 is 0 Å². The minimum absolute atomic E-state index is 0.0297. The maximum atomic E-state index is 13.2. The topological polar surface area (TPSA) is 29.1 Å². The second kappa shape index (κ2) is 4.64.